The van der Waals surface area contributed by atoms with Crippen molar-refractivity contribution in [1.82, 2.24) is 0 Å². The van der Waals surface area contributed by atoms with Crippen LogP contribution in [0.2, 0.25) is 0 Å². The maximum Gasteiger partial charge on any atom is 0.513 e. The Labute approximate surface area is 166 Å². The van der Waals surface area contributed by atoms with Gasteiger partial charge in [-0.1, -0.05) is 19.1 Å². The third kappa shape index (κ3) is 4.58. The van der Waals surface area contributed by atoms with Crippen LogP contribution in [0.25, 0.3) is 0 Å². The van der Waals surface area contributed by atoms with Crippen LogP contribution in [-0.4, -0.2) is 19.9 Å². The van der Waals surface area contributed by atoms with E-state index in [-0.39, 0.29) is 6.61 Å². The lowest BCUT2D eigenvalue weighted by molar-refractivity contribution is 0.120. The van der Waals surface area contributed by atoms with Crippen LogP contribution in [-0.2, 0) is 17.8 Å². The summed E-state index contributed by atoms with van der Waals surface area (Å²) in [5.74, 6) is 2.49. The molecule has 0 spiro atoms. The fourth-order valence-corrected chi connectivity index (χ4v) is 3.32. The summed E-state index contributed by atoms with van der Waals surface area (Å²) in [6, 6.07) is 9.74. The van der Waals surface area contributed by atoms with Gasteiger partial charge >= 0.3 is 6.16 Å². The van der Waals surface area contributed by atoms with Gasteiger partial charge in [-0.2, -0.15) is 0 Å². The SMILES string of the molecule is CCOc1cccc(OC(=O)OC)c1COc1cc(C)c(CC)cc1C1CC1. The Balaban J connectivity index is 1.89. The highest BCUT2D eigenvalue weighted by Crippen LogP contribution is 2.45. The Morgan fingerprint density at radius 1 is 1.07 bits per heavy atom. The van der Waals surface area contributed by atoms with Crippen molar-refractivity contribution >= 4 is 6.16 Å². The molecule has 1 fully saturated rings. The molecule has 0 bridgehead atoms. The summed E-state index contributed by atoms with van der Waals surface area (Å²) >= 11 is 0. The lowest BCUT2D eigenvalue weighted by Crippen LogP contribution is -2.11. The van der Waals surface area contributed by atoms with Crippen molar-refractivity contribution in [3.05, 3.63) is 52.6 Å². The van der Waals surface area contributed by atoms with Crippen LogP contribution in [0.5, 0.6) is 17.2 Å². The van der Waals surface area contributed by atoms with Crippen LogP contribution in [0.4, 0.5) is 4.79 Å². The Bertz CT molecular complexity index is 839. The van der Waals surface area contributed by atoms with E-state index in [0.29, 0.717) is 29.6 Å². The molecule has 1 aliphatic rings. The van der Waals surface area contributed by atoms with Gasteiger partial charge in [0, 0.05) is 0 Å². The molecule has 0 aromatic heterocycles. The standard InChI is InChI=1S/C23H28O5/c1-5-16-13-18(17-10-11-17)22(12-15(16)3)27-14-19-20(26-6-2)8-7-9-21(19)28-23(24)25-4/h7-9,12-13,17H,5-6,10-11,14H2,1-4H3. The van der Waals surface area contributed by atoms with Crippen LogP contribution in [0.15, 0.2) is 30.3 Å². The number of carbonyl (C=O) groups is 1. The second kappa shape index (κ2) is 9.00. The largest absolute Gasteiger partial charge is 0.513 e. The van der Waals surface area contributed by atoms with Gasteiger partial charge in [-0.25, -0.2) is 4.79 Å². The molecule has 0 unspecified atom stereocenters. The van der Waals surface area contributed by atoms with Gasteiger partial charge in [-0.15, -0.1) is 0 Å². The molecular formula is C23H28O5. The van der Waals surface area contributed by atoms with E-state index >= 15 is 0 Å². The van der Waals surface area contributed by atoms with Gasteiger partial charge in [0.2, 0.25) is 0 Å². The van der Waals surface area contributed by atoms with E-state index in [9.17, 15) is 4.79 Å². The molecule has 28 heavy (non-hydrogen) atoms. The van der Waals surface area contributed by atoms with Gasteiger partial charge in [0.25, 0.3) is 0 Å². The fourth-order valence-electron chi connectivity index (χ4n) is 3.32. The molecule has 0 radical (unpaired) electrons. The first-order valence-electron chi connectivity index (χ1n) is 9.84. The van der Waals surface area contributed by atoms with Gasteiger partial charge < -0.3 is 18.9 Å². The van der Waals surface area contributed by atoms with Gasteiger partial charge in [-0.3, -0.25) is 0 Å². The van der Waals surface area contributed by atoms with Crippen LogP contribution in [0.1, 0.15) is 54.9 Å². The third-order valence-electron chi connectivity index (χ3n) is 4.99. The molecule has 5 heteroatoms. The zero-order valence-electron chi connectivity index (χ0n) is 17.0. The van der Waals surface area contributed by atoms with E-state index in [4.69, 9.17) is 14.2 Å². The summed E-state index contributed by atoms with van der Waals surface area (Å²) in [5, 5.41) is 0. The predicted molar refractivity (Wildman–Crippen MR) is 108 cm³/mol. The molecule has 3 rings (SSSR count). The van der Waals surface area contributed by atoms with Crippen molar-refractivity contribution in [2.24, 2.45) is 0 Å². The van der Waals surface area contributed by atoms with E-state index in [1.54, 1.807) is 12.1 Å². The van der Waals surface area contributed by atoms with Crippen LogP contribution < -0.4 is 14.2 Å². The number of hydrogen-bond donors (Lipinski definition) is 0. The maximum atomic E-state index is 11.6. The minimum Gasteiger partial charge on any atom is -0.493 e. The molecule has 0 aliphatic heterocycles. The zero-order chi connectivity index (χ0) is 20.1. The number of benzene rings is 2. The van der Waals surface area contributed by atoms with E-state index in [0.717, 1.165) is 12.2 Å². The number of aryl methyl sites for hydroxylation is 2. The molecule has 0 saturated heterocycles. The quantitative estimate of drug-likeness (QED) is 0.441. The molecule has 0 N–H and O–H groups in total. The third-order valence-corrected chi connectivity index (χ3v) is 4.99. The van der Waals surface area contributed by atoms with Crippen molar-refractivity contribution in [1.29, 1.82) is 0 Å². The van der Waals surface area contributed by atoms with E-state index in [2.05, 4.69) is 30.7 Å². The topological polar surface area (TPSA) is 54.0 Å². The predicted octanol–water partition coefficient (Wildman–Crippen LogP) is 5.56. The normalized spacial score (nSPS) is 13.1. The highest BCUT2D eigenvalue weighted by Gasteiger charge is 2.28. The van der Waals surface area contributed by atoms with Crippen molar-refractivity contribution in [2.75, 3.05) is 13.7 Å². The number of carbonyl (C=O) groups excluding carboxylic acids is 1. The fraction of sp³-hybridized carbons (Fsp3) is 0.435. The highest BCUT2D eigenvalue weighted by molar-refractivity contribution is 5.65. The first-order valence-corrected chi connectivity index (χ1v) is 9.84. The van der Waals surface area contributed by atoms with Crippen molar-refractivity contribution < 1.29 is 23.7 Å². The Kier molecular flexibility index (Phi) is 6.45. The Morgan fingerprint density at radius 3 is 2.46 bits per heavy atom. The average Bonchev–Trinajstić information content (AvgIpc) is 3.53. The summed E-state index contributed by atoms with van der Waals surface area (Å²) in [6.07, 6.45) is 2.65. The lowest BCUT2D eigenvalue weighted by atomic mass is 9.99. The van der Waals surface area contributed by atoms with Crippen molar-refractivity contribution in [2.45, 2.75) is 52.6 Å². The number of rotatable bonds is 8. The van der Waals surface area contributed by atoms with Gasteiger partial charge in [-0.05, 0) is 73.9 Å². The van der Waals surface area contributed by atoms with Crippen LogP contribution in [0.3, 0.4) is 0 Å². The second-order valence-corrected chi connectivity index (χ2v) is 6.96. The summed E-state index contributed by atoms with van der Waals surface area (Å²) in [5.41, 5.74) is 4.55. The molecule has 0 heterocycles. The smallest absolute Gasteiger partial charge is 0.493 e. The molecule has 1 saturated carbocycles. The van der Waals surface area contributed by atoms with Crippen molar-refractivity contribution in [3.8, 4) is 17.2 Å². The highest BCUT2D eigenvalue weighted by atomic mass is 16.7. The first-order chi connectivity index (χ1) is 13.6. The Morgan fingerprint density at radius 2 is 1.82 bits per heavy atom. The molecule has 2 aromatic carbocycles. The first kappa shape index (κ1) is 20.1. The van der Waals surface area contributed by atoms with Gasteiger partial charge in [0.05, 0.1) is 19.3 Å². The second-order valence-electron chi connectivity index (χ2n) is 6.96. The van der Waals surface area contributed by atoms with Crippen LogP contribution >= 0.6 is 0 Å². The summed E-state index contributed by atoms with van der Waals surface area (Å²) in [6.45, 7) is 6.95. The summed E-state index contributed by atoms with van der Waals surface area (Å²) in [4.78, 5) is 11.6. The molecule has 150 valence electrons. The molecule has 0 atom stereocenters. The molecule has 5 nitrogen and oxygen atoms in total. The lowest BCUT2D eigenvalue weighted by Gasteiger charge is -2.18. The van der Waals surface area contributed by atoms with Crippen molar-refractivity contribution in [3.63, 3.8) is 0 Å². The Hall–Kier alpha value is -2.69. The summed E-state index contributed by atoms with van der Waals surface area (Å²) < 4.78 is 21.9. The van der Waals surface area contributed by atoms with E-state index in [1.807, 2.05) is 13.0 Å². The molecule has 0 amide bonds. The average molecular weight is 384 g/mol. The zero-order valence-corrected chi connectivity index (χ0v) is 17.0. The molecule has 2 aromatic rings. The van der Waals surface area contributed by atoms with E-state index < -0.39 is 6.16 Å². The summed E-state index contributed by atoms with van der Waals surface area (Å²) in [7, 11) is 1.28. The number of methoxy groups -OCH3 is 1. The van der Waals surface area contributed by atoms with Crippen LogP contribution in [0, 0.1) is 6.92 Å². The number of ether oxygens (including phenoxy) is 4. The number of hydrogen-bond acceptors (Lipinski definition) is 5. The maximum absolute atomic E-state index is 11.6. The van der Waals surface area contributed by atoms with E-state index in [1.165, 1.54) is 36.6 Å². The van der Waals surface area contributed by atoms with Gasteiger partial charge in [0.15, 0.2) is 0 Å². The monoisotopic (exact) mass is 384 g/mol. The molecular weight excluding hydrogens is 356 g/mol. The minimum absolute atomic E-state index is 0.243. The van der Waals surface area contributed by atoms with Gasteiger partial charge in [0.1, 0.15) is 23.9 Å². The minimum atomic E-state index is -0.767. The molecule has 1 aliphatic carbocycles.